The molecule has 2 amide bonds. The van der Waals surface area contributed by atoms with Gasteiger partial charge in [0, 0.05) is 37.7 Å². The summed E-state index contributed by atoms with van der Waals surface area (Å²) in [6.07, 6.45) is 1.66. The SMILES string of the molecule is CCC(=O)N(C)C[C@@H]1Oc2ncc(-c3ccc(C#N)cc3)cc2C(=O)N([C@@H](C)CO)C[C@@H]1C. The fourth-order valence-electron chi connectivity index (χ4n) is 3.86. The average Bonchev–Trinajstić information content (AvgIpc) is 2.84. The smallest absolute Gasteiger partial charge is 0.259 e. The number of nitriles is 1. The van der Waals surface area contributed by atoms with E-state index in [4.69, 9.17) is 10.00 Å². The highest BCUT2D eigenvalue weighted by molar-refractivity contribution is 5.98. The largest absolute Gasteiger partial charge is 0.472 e. The van der Waals surface area contributed by atoms with Crippen LogP contribution in [0.5, 0.6) is 5.88 Å². The van der Waals surface area contributed by atoms with Crippen LogP contribution in [-0.4, -0.2) is 70.6 Å². The summed E-state index contributed by atoms with van der Waals surface area (Å²) < 4.78 is 6.22. The summed E-state index contributed by atoms with van der Waals surface area (Å²) in [5, 5.41) is 18.8. The van der Waals surface area contributed by atoms with Crippen LogP contribution in [0.2, 0.25) is 0 Å². The van der Waals surface area contributed by atoms with Gasteiger partial charge in [0.25, 0.3) is 5.91 Å². The quantitative estimate of drug-likeness (QED) is 0.725. The minimum atomic E-state index is -0.389. The van der Waals surface area contributed by atoms with Gasteiger partial charge >= 0.3 is 0 Å². The number of ether oxygens (including phenoxy) is 1. The van der Waals surface area contributed by atoms with Gasteiger partial charge < -0.3 is 19.6 Å². The van der Waals surface area contributed by atoms with Crippen molar-refractivity contribution in [1.82, 2.24) is 14.8 Å². The molecule has 1 aromatic carbocycles. The number of likely N-dealkylation sites (N-methyl/N-ethyl adjacent to an activating group) is 1. The van der Waals surface area contributed by atoms with Crippen molar-refractivity contribution in [3.05, 3.63) is 47.7 Å². The molecule has 1 aromatic heterocycles. The van der Waals surface area contributed by atoms with E-state index in [1.807, 2.05) is 13.8 Å². The van der Waals surface area contributed by atoms with Crippen LogP contribution < -0.4 is 4.74 Å². The molecular weight excluding hydrogens is 420 g/mol. The fraction of sp³-hybridized carbons (Fsp3) is 0.440. The van der Waals surface area contributed by atoms with Gasteiger partial charge in [-0.3, -0.25) is 9.59 Å². The molecule has 0 saturated carbocycles. The van der Waals surface area contributed by atoms with Crippen LogP contribution in [0.3, 0.4) is 0 Å². The number of pyridine rings is 1. The maximum Gasteiger partial charge on any atom is 0.259 e. The Morgan fingerprint density at radius 2 is 2.06 bits per heavy atom. The number of carbonyl (C=O) groups is 2. The van der Waals surface area contributed by atoms with Gasteiger partial charge in [-0.2, -0.15) is 5.26 Å². The summed E-state index contributed by atoms with van der Waals surface area (Å²) in [5.74, 6) is -0.142. The van der Waals surface area contributed by atoms with E-state index >= 15 is 0 Å². The Labute approximate surface area is 194 Å². The topological polar surface area (TPSA) is 107 Å². The van der Waals surface area contributed by atoms with Crippen LogP contribution in [0.1, 0.15) is 43.1 Å². The van der Waals surface area contributed by atoms with Crippen LogP contribution in [0, 0.1) is 17.2 Å². The molecule has 174 valence electrons. The second-order valence-electron chi connectivity index (χ2n) is 8.52. The van der Waals surface area contributed by atoms with E-state index < -0.39 is 0 Å². The van der Waals surface area contributed by atoms with Crippen LogP contribution >= 0.6 is 0 Å². The fourth-order valence-corrected chi connectivity index (χ4v) is 3.86. The molecule has 8 heteroatoms. The summed E-state index contributed by atoms with van der Waals surface area (Å²) in [4.78, 5) is 33.4. The molecule has 1 N–H and O–H groups in total. The van der Waals surface area contributed by atoms with Gasteiger partial charge in [-0.1, -0.05) is 26.0 Å². The summed E-state index contributed by atoms with van der Waals surface area (Å²) in [5.41, 5.74) is 2.38. The molecule has 3 rings (SSSR count). The number of benzene rings is 1. The zero-order chi connectivity index (χ0) is 24.1. The predicted molar refractivity (Wildman–Crippen MR) is 123 cm³/mol. The van der Waals surface area contributed by atoms with Crippen LogP contribution in [0.25, 0.3) is 11.1 Å². The third-order valence-electron chi connectivity index (χ3n) is 6.05. The molecule has 2 aromatic rings. The number of amides is 2. The van der Waals surface area contributed by atoms with Crippen LogP contribution in [-0.2, 0) is 4.79 Å². The van der Waals surface area contributed by atoms with E-state index in [9.17, 15) is 14.7 Å². The average molecular weight is 451 g/mol. The third kappa shape index (κ3) is 5.32. The summed E-state index contributed by atoms with van der Waals surface area (Å²) in [6, 6.07) is 10.5. The van der Waals surface area contributed by atoms with Gasteiger partial charge in [0.05, 0.1) is 30.8 Å². The number of fused-ring (bicyclic) bond motifs is 1. The highest BCUT2D eigenvalue weighted by Crippen LogP contribution is 2.30. The minimum absolute atomic E-state index is 0.00821. The van der Waals surface area contributed by atoms with Crippen LogP contribution in [0.15, 0.2) is 36.5 Å². The lowest BCUT2D eigenvalue weighted by molar-refractivity contribution is -0.131. The molecule has 3 atom stereocenters. The zero-order valence-corrected chi connectivity index (χ0v) is 19.5. The van der Waals surface area contributed by atoms with E-state index in [0.29, 0.717) is 30.6 Å². The first-order chi connectivity index (χ1) is 15.8. The molecule has 0 bridgehead atoms. The van der Waals surface area contributed by atoms with Gasteiger partial charge in [0.2, 0.25) is 11.8 Å². The highest BCUT2D eigenvalue weighted by Gasteiger charge is 2.34. The first-order valence-corrected chi connectivity index (χ1v) is 11.1. The van der Waals surface area contributed by atoms with Crippen molar-refractivity contribution >= 4 is 11.8 Å². The van der Waals surface area contributed by atoms with Crippen molar-refractivity contribution in [3.63, 3.8) is 0 Å². The zero-order valence-electron chi connectivity index (χ0n) is 19.5. The van der Waals surface area contributed by atoms with Crippen molar-refractivity contribution < 1.29 is 19.4 Å². The number of hydrogen-bond donors (Lipinski definition) is 1. The van der Waals surface area contributed by atoms with Crippen molar-refractivity contribution in [1.29, 1.82) is 5.26 Å². The minimum Gasteiger partial charge on any atom is -0.472 e. The van der Waals surface area contributed by atoms with E-state index in [1.165, 1.54) is 0 Å². The molecule has 8 nitrogen and oxygen atoms in total. The predicted octanol–water partition coefficient (Wildman–Crippen LogP) is 2.71. The maximum absolute atomic E-state index is 13.5. The van der Waals surface area contributed by atoms with E-state index in [2.05, 4.69) is 11.1 Å². The van der Waals surface area contributed by atoms with E-state index in [-0.39, 0.29) is 42.4 Å². The monoisotopic (exact) mass is 450 g/mol. The molecular formula is C25H30N4O4. The lowest BCUT2D eigenvalue weighted by atomic mass is 9.99. The summed E-state index contributed by atoms with van der Waals surface area (Å²) in [7, 11) is 1.74. The lowest BCUT2D eigenvalue weighted by Gasteiger charge is -2.37. The Balaban J connectivity index is 2.03. The molecule has 1 aliphatic rings. The first-order valence-electron chi connectivity index (χ1n) is 11.1. The highest BCUT2D eigenvalue weighted by atomic mass is 16.5. The standard InChI is InChI=1S/C25H30N4O4/c1-5-23(31)28(4)14-22-16(2)13-29(17(3)15-30)25(32)21-10-20(12-27-24(21)33-22)19-8-6-18(11-26)7-9-19/h6-10,12,16-17,22,30H,5,13-15H2,1-4H3/t16-,17-,22-/m0/s1. The van der Waals surface area contributed by atoms with Gasteiger partial charge in [0.1, 0.15) is 11.7 Å². The number of hydrogen-bond acceptors (Lipinski definition) is 6. The normalized spacial score (nSPS) is 18.9. The Morgan fingerprint density at radius 3 is 2.67 bits per heavy atom. The Morgan fingerprint density at radius 1 is 1.36 bits per heavy atom. The molecule has 0 spiro atoms. The number of rotatable bonds is 6. The van der Waals surface area contributed by atoms with E-state index in [1.54, 1.807) is 60.3 Å². The molecule has 0 radical (unpaired) electrons. The molecule has 0 aliphatic carbocycles. The molecule has 0 unspecified atom stereocenters. The maximum atomic E-state index is 13.5. The number of carbonyl (C=O) groups excluding carboxylic acids is 2. The van der Waals surface area contributed by atoms with Crippen LogP contribution in [0.4, 0.5) is 0 Å². The van der Waals surface area contributed by atoms with Crippen molar-refractivity contribution in [2.24, 2.45) is 5.92 Å². The number of aliphatic hydroxyl groups excluding tert-OH is 1. The number of aliphatic hydroxyl groups is 1. The number of nitrogens with zero attached hydrogens (tertiary/aromatic N) is 4. The molecule has 33 heavy (non-hydrogen) atoms. The number of aromatic nitrogens is 1. The second kappa shape index (κ2) is 10.5. The van der Waals surface area contributed by atoms with Crippen molar-refractivity contribution in [3.8, 4) is 23.1 Å². The van der Waals surface area contributed by atoms with E-state index in [0.717, 1.165) is 11.1 Å². The van der Waals surface area contributed by atoms with Gasteiger partial charge in [-0.05, 0) is 30.7 Å². The van der Waals surface area contributed by atoms with Gasteiger partial charge in [-0.15, -0.1) is 0 Å². The third-order valence-corrected chi connectivity index (χ3v) is 6.05. The Kier molecular flexibility index (Phi) is 7.67. The van der Waals surface area contributed by atoms with Gasteiger partial charge in [-0.25, -0.2) is 4.98 Å². The van der Waals surface area contributed by atoms with Gasteiger partial charge in [0.15, 0.2) is 0 Å². The molecule has 0 saturated heterocycles. The molecule has 1 aliphatic heterocycles. The Hall–Kier alpha value is -3.44. The van der Waals surface area contributed by atoms with Crippen molar-refractivity contribution in [2.45, 2.75) is 39.3 Å². The summed E-state index contributed by atoms with van der Waals surface area (Å²) >= 11 is 0. The Bertz CT molecular complexity index is 1050. The first kappa shape index (κ1) is 24.2. The lowest BCUT2D eigenvalue weighted by Crippen LogP contribution is -2.50. The molecule has 2 heterocycles. The molecule has 0 fully saturated rings. The second-order valence-corrected chi connectivity index (χ2v) is 8.52. The van der Waals surface area contributed by atoms with Crippen molar-refractivity contribution in [2.75, 3.05) is 26.7 Å². The summed E-state index contributed by atoms with van der Waals surface area (Å²) in [6.45, 7) is 6.14.